The van der Waals surface area contributed by atoms with Crippen molar-refractivity contribution in [3.05, 3.63) is 40.1 Å². The lowest BCUT2D eigenvalue weighted by molar-refractivity contribution is 0.0962. The molecular weight excluding hydrogens is 188 g/mol. The number of carbonyl (C=O) groups is 1. The smallest absolute Gasteiger partial charge is 0.228 e. The number of benzene rings is 1. The highest BCUT2D eigenvalue weighted by Crippen LogP contribution is 2.27. The van der Waals surface area contributed by atoms with Crippen LogP contribution in [-0.2, 0) is 4.74 Å². The van der Waals surface area contributed by atoms with Crippen LogP contribution in [0.25, 0.3) is 6.08 Å². The minimum atomic E-state index is -0.0972. The summed E-state index contributed by atoms with van der Waals surface area (Å²) in [7, 11) is 1.48. The zero-order valence-corrected chi connectivity index (χ0v) is 7.76. The first-order valence-corrected chi connectivity index (χ1v) is 4.20. The highest BCUT2D eigenvalue weighted by Gasteiger charge is 2.22. The Morgan fingerprint density at radius 3 is 2.85 bits per heavy atom. The number of Topliss-reactive ketones (excluding diaryl/α,β-unsaturated/α-hetero) is 1. The number of allylic oxidation sites excluding steroid dienone is 1. The van der Waals surface area contributed by atoms with E-state index in [1.54, 1.807) is 18.2 Å². The summed E-state index contributed by atoms with van der Waals surface area (Å²) in [5.41, 5.74) is 1.48. The van der Waals surface area contributed by atoms with Crippen molar-refractivity contribution in [2.75, 3.05) is 7.11 Å². The largest absolute Gasteiger partial charge is 0.493 e. The van der Waals surface area contributed by atoms with Gasteiger partial charge in [0.1, 0.15) is 0 Å². The van der Waals surface area contributed by atoms with Crippen molar-refractivity contribution in [2.45, 2.75) is 0 Å². The predicted octanol–water partition coefficient (Wildman–Crippen LogP) is 2.52. The SMILES string of the molecule is COC1=Cc2ccc(Cl)cc2C1=O. The van der Waals surface area contributed by atoms with E-state index in [0.717, 1.165) is 5.56 Å². The Morgan fingerprint density at radius 1 is 1.38 bits per heavy atom. The minimum absolute atomic E-state index is 0.0972. The number of methoxy groups -OCH3 is 1. The van der Waals surface area contributed by atoms with E-state index in [1.165, 1.54) is 7.11 Å². The van der Waals surface area contributed by atoms with Crippen LogP contribution in [0.3, 0.4) is 0 Å². The molecule has 1 aromatic rings. The summed E-state index contributed by atoms with van der Waals surface area (Å²) in [6.07, 6.45) is 1.72. The molecule has 2 rings (SSSR count). The predicted molar refractivity (Wildman–Crippen MR) is 50.8 cm³/mol. The van der Waals surface area contributed by atoms with Gasteiger partial charge in [-0.15, -0.1) is 0 Å². The number of ketones is 1. The van der Waals surface area contributed by atoms with Crippen molar-refractivity contribution in [1.82, 2.24) is 0 Å². The molecule has 1 aromatic carbocycles. The summed E-state index contributed by atoms with van der Waals surface area (Å²) in [4.78, 5) is 11.5. The number of hydrogen-bond acceptors (Lipinski definition) is 2. The van der Waals surface area contributed by atoms with Crippen molar-refractivity contribution >= 4 is 23.5 Å². The second kappa shape index (κ2) is 2.89. The third-order valence-corrected chi connectivity index (χ3v) is 2.23. The Hall–Kier alpha value is -1.28. The summed E-state index contributed by atoms with van der Waals surface area (Å²) in [5, 5.41) is 0.567. The van der Waals surface area contributed by atoms with Crippen molar-refractivity contribution in [2.24, 2.45) is 0 Å². The highest BCUT2D eigenvalue weighted by molar-refractivity contribution is 6.31. The highest BCUT2D eigenvalue weighted by atomic mass is 35.5. The Labute approximate surface area is 80.8 Å². The average Bonchev–Trinajstić information content (AvgIpc) is 2.44. The van der Waals surface area contributed by atoms with Gasteiger partial charge in [-0.2, -0.15) is 0 Å². The van der Waals surface area contributed by atoms with Crippen LogP contribution in [0.2, 0.25) is 5.02 Å². The molecule has 0 heterocycles. The van der Waals surface area contributed by atoms with Crippen molar-refractivity contribution < 1.29 is 9.53 Å². The maximum Gasteiger partial charge on any atom is 0.228 e. The van der Waals surface area contributed by atoms with E-state index in [0.29, 0.717) is 16.3 Å². The lowest BCUT2D eigenvalue weighted by atomic mass is 10.1. The molecule has 0 bridgehead atoms. The third-order valence-electron chi connectivity index (χ3n) is 1.99. The number of carbonyl (C=O) groups excluding carboxylic acids is 1. The quantitative estimate of drug-likeness (QED) is 0.687. The molecule has 13 heavy (non-hydrogen) atoms. The lowest BCUT2D eigenvalue weighted by Crippen LogP contribution is -1.99. The van der Waals surface area contributed by atoms with Gasteiger partial charge in [-0.25, -0.2) is 0 Å². The van der Waals surface area contributed by atoms with Crippen LogP contribution in [0.4, 0.5) is 0 Å². The van der Waals surface area contributed by atoms with E-state index in [2.05, 4.69) is 0 Å². The molecule has 0 fully saturated rings. The topological polar surface area (TPSA) is 26.3 Å². The van der Waals surface area contributed by atoms with Crippen LogP contribution in [0.1, 0.15) is 15.9 Å². The molecule has 0 amide bonds. The van der Waals surface area contributed by atoms with Crippen LogP contribution in [0, 0.1) is 0 Å². The first-order valence-electron chi connectivity index (χ1n) is 3.82. The summed E-state index contributed by atoms with van der Waals surface area (Å²) >= 11 is 5.76. The van der Waals surface area contributed by atoms with Gasteiger partial charge in [0.15, 0.2) is 5.76 Å². The molecule has 3 heteroatoms. The fourth-order valence-corrected chi connectivity index (χ4v) is 1.51. The molecule has 0 unspecified atom stereocenters. The van der Waals surface area contributed by atoms with Crippen LogP contribution in [0.5, 0.6) is 0 Å². The van der Waals surface area contributed by atoms with Gasteiger partial charge in [-0.05, 0) is 23.8 Å². The molecule has 0 saturated heterocycles. The zero-order valence-electron chi connectivity index (χ0n) is 7.00. The van der Waals surface area contributed by atoms with E-state index < -0.39 is 0 Å². The molecule has 0 N–H and O–H groups in total. The molecule has 66 valence electrons. The summed E-state index contributed by atoms with van der Waals surface area (Å²) < 4.78 is 4.91. The maximum absolute atomic E-state index is 11.5. The number of fused-ring (bicyclic) bond motifs is 1. The summed E-state index contributed by atoms with van der Waals surface area (Å²) in [5.74, 6) is 0.275. The van der Waals surface area contributed by atoms with Gasteiger partial charge in [-0.3, -0.25) is 4.79 Å². The number of rotatable bonds is 1. The van der Waals surface area contributed by atoms with Gasteiger partial charge in [0.2, 0.25) is 5.78 Å². The molecule has 0 saturated carbocycles. The van der Waals surface area contributed by atoms with Crippen LogP contribution < -0.4 is 0 Å². The van der Waals surface area contributed by atoms with Crippen LogP contribution in [-0.4, -0.2) is 12.9 Å². The monoisotopic (exact) mass is 194 g/mol. The van der Waals surface area contributed by atoms with Crippen molar-refractivity contribution in [3.8, 4) is 0 Å². The normalized spacial score (nSPS) is 14.0. The zero-order chi connectivity index (χ0) is 9.42. The first-order chi connectivity index (χ1) is 6.22. The Balaban J connectivity index is 2.54. The maximum atomic E-state index is 11.5. The van der Waals surface area contributed by atoms with Gasteiger partial charge in [0.05, 0.1) is 7.11 Å². The number of ether oxygens (including phenoxy) is 1. The Bertz CT molecular complexity index is 407. The molecule has 0 radical (unpaired) electrons. The minimum Gasteiger partial charge on any atom is -0.493 e. The summed E-state index contributed by atoms with van der Waals surface area (Å²) in [6.45, 7) is 0. The van der Waals surface area contributed by atoms with Gasteiger partial charge < -0.3 is 4.74 Å². The number of hydrogen-bond donors (Lipinski definition) is 0. The molecular formula is C10H7ClO2. The third kappa shape index (κ3) is 1.23. The average molecular weight is 195 g/mol. The van der Waals surface area contributed by atoms with E-state index in [-0.39, 0.29) is 5.78 Å². The van der Waals surface area contributed by atoms with Crippen molar-refractivity contribution in [1.29, 1.82) is 0 Å². The second-order valence-corrected chi connectivity index (χ2v) is 3.21. The van der Waals surface area contributed by atoms with Gasteiger partial charge in [-0.1, -0.05) is 17.7 Å². The Kier molecular flexibility index (Phi) is 1.85. The fourth-order valence-electron chi connectivity index (χ4n) is 1.34. The van der Waals surface area contributed by atoms with Gasteiger partial charge >= 0.3 is 0 Å². The molecule has 0 aliphatic heterocycles. The molecule has 0 aromatic heterocycles. The van der Waals surface area contributed by atoms with Gasteiger partial charge in [0, 0.05) is 10.6 Å². The fraction of sp³-hybridized carbons (Fsp3) is 0.100. The van der Waals surface area contributed by atoms with Crippen LogP contribution >= 0.6 is 11.6 Å². The molecule has 2 nitrogen and oxygen atoms in total. The Morgan fingerprint density at radius 2 is 2.15 bits per heavy atom. The standard InChI is InChI=1S/C10H7ClO2/c1-13-9-4-6-2-3-7(11)5-8(6)10(9)12/h2-5H,1H3. The lowest BCUT2D eigenvalue weighted by Gasteiger charge is -1.98. The number of halogens is 1. The van der Waals surface area contributed by atoms with Gasteiger partial charge in [0.25, 0.3) is 0 Å². The first kappa shape index (κ1) is 8.32. The van der Waals surface area contributed by atoms with E-state index >= 15 is 0 Å². The molecule has 1 aliphatic rings. The van der Waals surface area contributed by atoms with E-state index in [9.17, 15) is 4.79 Å². The van der Waals surface area contributed by atoms with Crippen LogP contribution in [0.15, 0.2) is 24.0 Å². The molecule has 1 aliphatic carbocycles. The molecule has 0 atom stereocenters. The second-order valence-electron chi connectivity index (χ2n) is 2.77. The summed E-state index contributed by atoms with van der Waals surface area (Å²) in [6, 6.07) is 5.21. The van der Waals surface area contributed by atoms with Crippen molar-refractivity contribution in [3.63, 3.8) is 0 Å². The van der Waals surface area contributed by atoms with E-state index in [4.69, 9.17) is 16.3 Å². The molecule has 0 spiro atoms. The van der Waals surface area contributed by atoms with E-state index in [1.807, 2.05) is 6.07 Å².